The fourth-order valence-corrected chi connectivity index (χ4v) is 5.89. The van der Waals surface area contributed by atoms with Gasteiger partial charge in [-0.3, -0.25) is 19.0 Å². The third kappa shape index (κ3) is 5.62. The van der Waals surface area contributed by atoms with E-state index in [1.807, 2.05) is 0 Å². The third-order valence-corrected chi connectivity index (χ3v) is 7.31. The van der Waals surface area contributed by atoms with Gasteiger partial charge in [-0.05, 0) is 48.9 Å². The molecule has 2 heterocycles. The molecule has 0 radical (unpaired) electrons. The Bertz CT molecular complexity index is 1350. The minimum atomic E-state index is -4.35. The Labute approximate surface area is 217 Å². The fraction of sp³-hybridized carbons (Fsp3) is 0.136. The quantitative estimate of drug-likeness (QED) is 0.454. The van der Waals surface area contributed by atoms with Crippen LogP contribution < -0.4 is 14.5 Å². The first kappa shape index (κ1) is 26.6. The lowest BCUT2D eigenvalue weighted by molar-refractivity contribution is -0.135. The van der Waals surface area contributed by atoms with Crippen LogP contribution in [0.5, 0.6) is 0 Å². The average molecular weight is 558 g/mol. The second kappa shape index (κ2) is 10.7. The van der Waals surface area contributed by atoms with Crippen molar-refractivity contribution in [3.8, 4) is 0 Å². The zero-order valence-electron chi connectivity index (χ0n) is 17.9. The lowest BCUT2D eigenvalue weighted by Gasteiger charge is -2.25. The Morgan fingerprint density at radius 2 is 1.83 bits per heavy atom. The number of pyridine rings is 1. The normalized spacial score (nSPS) is 12.5. The van der Waals surface area contributed by atoms with Gasteiger partial charge in [0.2, 0.25) is 0 Å². The highest BCUT2D eigenvalue weighted by Crippen LogP contribution is 2.38. The molecule has 9 nitrogen and oxygen atoms in total. The number of aliphatic carboxylic acids is 1. The van der Waals surface area contributed by atoms with E-state index in [1.165, 1.54) is 35.4 Å². The minimum absolute atomic E-state index is 0. The number of anilines is 3. The molecule has 2 N–H and O–H groups in total. The van der Waals surface area contributed by atoms with E-state index in [9.17, 15) is 23.1 Å². The molecule has 4 rings (SSSR count). The second-order valence-corrected chi connectivity index (χ2v) is 10.1. The molecule has 3 aromatic rings. The maximum Gasteiger partial charge on any atom is 0.326 e. The molecular formula is C22H19Cl3N4O5S. The topological polar surface area (TPSA) is 120 Å². The van der Waals surface area contributed by atoms with Gasteiger partial charge in [-0.1, -0.05) is 29.3 Å². The molecule has 13 heteroatoms. The number of sulfonamides is 1. The number of carbonyl (C=O) groups excluding carboxylic acids is 1. The number of aromatic nitrogens is 1. The molecule has 0 unspecified atom stereocenters. The maximum atomic E-state index is 13.5. The van der Waals surface area contributed by atoms with Crippen molar-refractivity contribution in [1.82, 2.24) is 4.98 Å². The number of carbonyl (C=O) groups is 2. The number of carboxylic acids is 1. The van der Waals surface area contributed by atoms with Crippen molar-refractivity contribution in [1.29, 1.82) is 0 Å². The van der Waals surface area contributed by atoms with Gasteiger partial charge < -0.3 is 10.4 Å². The lowest BCUT2D eigenvalue weighted by Crippen LogP contribution is -2.36. The summed E-state index contributed by atoms with van der Waals surface area (Å²) in [7, 11) is -4.35. The number of amides is 2. The van der Waals surface area contributed by atoms with Gasteiger partial charge in [-0.15, -0.1) is 12.4 Å². The van der Waals surface area contributed by atoms with Crippen molar-refractivity contribution in [2.24, 2.45) is 0 Å². The molecule has 0 bridgehead atoms. The summed E-state index contributed by atoms with van der Waals surface area (Å²) in [6.07, 6.45) is 3.41. The summed E-state index contributed by atoms with van der Waals surface area (Å²) < 4.78 is 27.7. The average Bonchev–Trinajstić information content (AvgIpc) is 3.22. The van der Waals surface area contributed by atoms with Crippen LogP contribution in [0.25, 0.3) is 0 Å². The molecule has 0 saturated carbocycles. The first-order valence-corrected chi connectivity index (χ1v) is 12.2. The standard InChI is InChI=1S/C22H18Cl2N4O5S.ClH/c23-14-9-15(24)11-17(10-14)34(32,33)28(13-21(29)30)20-5-1-4-19-18(20)6-8-27(19)22(31)26-16-3-2-7-25-12-16;/h1-5,7,9-12H,6,8,13H2,(H,26,31)(H,29,30);1H. The van der Waals surface area contributed by atoms with E-state index in [2.05, 4.69) is 10.3 Å². The summed E-state index contributed by atoms with van der Waals surface area (Å²) >= 11 is 12.0. The molecule has 2 aromatic carbocycles. The summed E-state index contributed by atoms with van der Waals surface area (Å²) in [4.78, 5) is 29.7. The van der Waals surface area contributed by atoms with Crippen LogP contribution >= 0.6 is 35.6 Å². The van der Waals surface area contributed by atoms with E-state index in [0.29, 0.717) is 23.4 Å². The number of urea groups is 1. The van der Waals surface area contributed by atoms with E-state index in [1.54, 1.807) is 30.5 Å². The number of halogens is 3. The predicted octanol–water partition coefficient (Wildman–Crippen LogP) is 4.68. The Morgan fingerprint density at radius 1 is 1.11 bits per heavy atom. The van der Waals surface area contributed by atoms with E-state index in [-0.39, 0.29) is 39.6 Å². The molecule has 2 amide bonds. The van der Waals surface area contributed by atoms with Crippen LogP contribution in [0, 0.1) is 0 Å². The molecule has 1 aromatic heterocycles. The summed E-state index contributed by atoms with van der Waals surface area (Å²) in [5, 5.41) is 12.4. The maximum absolute atomic E-state index is 13.5. The van der Waals surface area contributed by atoms with Crippen LogP contribution in [-0.2, 0) is 21.2 Å². The largest absolute Gasteiger partial charge is 0.480 e. The molecule has 0 spiro atoms. The molecule has 35 heavy (non-hydrogen) atoms. The smallest absolute Gasteiger partial charge is 0.326 e. The van der Waals surface area contributed by atoms with Crippen molar-refractivity contribution in [2.45, 2.75) is 11.3 Å². The van der Waals surface area contributed by atoms with Crippen LogP contribution in [-0.4, -0.2) is 43.6 Å². The van der Waals surface area contributed by atoms with Crippen LogP contribution in [0.2, 0.25) is 10.0 Å². The molecule has 1 aliphatic rings. The number of hydrogen-bond donors (Lipinski definition) is 2. The monoisotopic (exact) mass is 556 g/mol. The highest BCUT2D eigenvalue weighted by atomic mass is 35.5. The summed E-state index contributed by atoms with van der Waals surface area (Å²) in [6.45, 7) is -0.548. The van der Waals surface area contributed by atoms with Gasteiger partial charge in [0, 0.05) is 28.4 Å². The highest BCUT2D eigenvalue weighted by molar-refractivity contribution is 7.92. The van der Waals surface area contributed by atoms with Crippen LogP contribution in [0.3, 0.4) is 0 Å². The van der Waals surface area contributed by atoms with Crippen LogP contribution in [0.4, 0.5) is 21.9 Å². The zero-order valence-corrected chi connectivity index (χ0v) is 21.0. The second-order valence-electron chi connectivity index (χ2n) is 7.36. The van der Waals surface area contributed by atoms with Crippen LogP contribution in [0.15, 0.2) is 65.8 Å². The number of fused-ring (bicyclic) bond motifs is 1. The van der Waals surface area contributed by atoms with Gasteiger partial charge in [-0.25, -0.2) is 13.2 Å². The van der Waals surface area contributed by atoms with E-state index >= 15 is 0 Å². The Morgan fingerprint density at radius 3 is 2.46 bits per heavy atom. The molecule has 0 aliphatic carbocycles. The predicted molar refractivity (Wildman–Crippen MR) is 137 cm³/mol. The minimum Gasteiger partial charge on any atom is -0.480 e. The molecule has 0 atom stereocenters. The number of carboxylic acid groups (broad SMARTS) is 1. The summed E-state index contributed by atoms with van der Waals surface area (Å²) in [5.41, 5.74) is 1.67. The summed E-state index contributed by atoms with van der Waals surface area (Å²) in [5.74, 6) is -1.35. The lowest BCUT2D eigenvalue weighted by atomic mass is 10.1. The molecule has 0 saturated heterocycles. The van der Waals surface area contributed by atoms with Gasteiger partial charge in [-0.2, -0.15) is 0 Å². The van der Waals surface area contributed by atoms with Gasteiger partial charge in [0.1, 0.15) is 6.54 Å². The van der Waals surface area contributed by atoms with Gasteiger partial charge in [0.25, 0.3) is 10.0 Å². The van der Waals surface area contributed by atoms with Crippen molar-refractivity contribution < 1.29 is 23.1 Å². The number of hydrogen-bond acceptors (Lipinski definition) is 5. The number of rotatable bonds is 6. The highest BCUT2D eigenvalue weighted by Gasteiger charge is 2.34. The van der Waals surface area contributed by atoms with E-state index < -0.39 is 28.6 Å². The van der Waals surface area contributed by atoms with Gasteiger partial charge in [0.15, 0.2) is 0 Å². The van der Waals surface area contributed by atoms with Crippen molar-refractivity contribution in [3.05, 3.63) is 76.5 Å². The Balaban J connectivity index is 0.00000342. The van der Waals surface area contributed by atoms with Crippen molar-refractivity contribution in [2.75, 3.05) is 27.6 Å². The summed E-state index contributed by atoms with van der Waals surface area (Å²) in [6, 6.07) is 11.5. The Kier molecular flexibility index (Phi) is 8.11. The van der Waals surface area contributed by atoms with Crippen molar-refractivity contribution >= 4 is 74.7 Å². The zero-order chi connectivity index (χ0) is 24.5. The van der Waals surface area contributed by atoms with Gasteiger partial charge >= 0.3 is 12.0 Å². The number of nitrogens with one attached hydrogen (secondary N) is 1. The van der Waals surface area contributed by atoms with E-state index in [4.69, 9.17) is 23.2 Å². The first-order chi connectivity index (χ1) is 16.2. The van der Waals surface area contributed by atoms with E-state index in [0.717, 1.165) is 4.31 Å². The Hall–Kier alpha value is -3.05. The molecule has 0 fully saturated rings. The van der Waals surface area contributed by atoms with Crippen molar-refractivity contribution in [3.63, 3.8) is 0 Å². The van der Waals surface area contributed by atoms with Gasteiger partial charge in [0.05, 0.1) is 28.2 Å². The first-order valence-electron chi connectivity index (χ1n) is 9.98. The SMILES string of the molecule is Cl.O=C(O)CN(c1cccc2c1CCN2C(=O)Nc1cccnc1)S(=O)(=O)c1cc(Cl)cc(Cl)c1. The number of nitrogens with zero attached hydrogens (tertiary/aromatic N) is 3. The third-order valence-electron chi connectivity index (χ3n) is 5.13. The van der Waals surface area contributed by atoms with Crippen LogP contribution in [0.1, 0.15) is 5.56 Å². The fourth-order valence-electron chi connectivity index (χ4n) is 3.72. The number of benzene rings is 2. The molecule has 1 aliphatic heterocycles. The molecular weight excluding hydrogens is 539 g/mol. The molecule has 184 valence electrons.